The Hall–Kier alpha value is -2.70. The minimum atomic E-state index is -0.0589. The first-order valence-corrected chi connectivity index (χ1v) is 12.3. The van der Waals surface area contributed by atoms with Gasteiger partial charge in [0.15, 0.2) is 5.76 Å². The number of pyridine rings is 1. The lowest BCUT2D eigenvalue weighted by Gasteiger charge is -2.46. The zero-order chi connectivity index (χ0) is 22.4. The molecule has 0 unspecified atom stereocenters. The quantitative estimate of drug-likeness (QED) is 0.652. The number of ether oxygens (including phenoxy) is 2. The smallest absolute Gasteiger partial charge is 0.232 e. The van der Waals surface area contributed by atoms with Crippen LogP contribution in [-0.4, -0.2) is 53.0 Å². The Labute approximate surface area is 195 Å². The molecule has 6 nitrogen and oxygen atoms in total. The maximum absolute atomic E-state index is 13.2. The van der Waals surface area contributed by atoms with Crippen molar-refractivity contribution in [2.45, 2.75) is 51.6 Å². The van der Waals surface area contributed by atoms with E-state index in [1.54, 1.807) is 18.5 Å². The Morgan fingerprint density at radius 1 is 1.21 bits per heavy atom. The molecule has 0 bridgehead atoms. The van der Waals surface area contributed by atoms with Gasteiger partial charge in [0, 0.05) is 31.5 Å². The van der Waals surface area contributed by atoms with Gasteiger partial charge in [0.05, 0.1) is 11.1 Å². The van der Waals surface area contributed by atoms with Crippen molar-refractivity contribution in [2.75, 3.05) is 26.4 Å². The third kappa shape index (κ3) is 3.85. The Bertz CT molecular complexity index is 1100. The molecular formula is C27H31N3O3. The predicted molar refractivity (Wildman–Crippen MR) is 126 cm³/mol. The molecule has 0 radical (unpaired) electrons. The van der Waals surface area contributed by atoms with Crippen LogP contribution in [0.15, 0.2) is 36.4 Å². The van der Waals surface area contributed by atoms with Crippen molar-refractivity contribution >= 4 is 11.9 Å². The van der Waals surface area contributed by atoms with Crippen LogP contribution < -0.4 is 9.47 Å². The van der Waals surface area contributed by atoms with E-state index in [-0.39, 0.29) is 5.78 Å². The molecule has 0 aliphatic carbocycles. The zero-order valence-corrected chi connectivity index (χ0v) is 19.3. The third-order valence-electron chi connectivity index (χ3n) is 7.69. The fourth-order valence-electron chi connectivity index (χ4n) is 6.13. The molecule has 5 heterocycles. The second kappa shape index (κ2) is 8.58. The monoisotopic (exact) mass is 445 g/mol. The van der Waals surface area contributed by atoms with E-state index in [9.17, 15) is 4.79 Å². The van der Waals surface area contributed by atoms with Gasteiger partial charge in [-0.15, -0.1) is 0 Å². The molecular weight excluding hydrogens is 414 g/mol. The van der Waals surface area contributed by atoms with Crippen LogP contribution >= 0.6 is 0 Å². The van der Waals surface area contributed by atoms with E-state index in [1.165, 1.54) is 45.2 Å². The van der Waals surface area contributed by atoms with Gasteiger partial charge in [0.1, 0.15) is 18.2 Å². The van der Waals surface area contributed by atoms with Gasteiger partial charge in [-0.05, 0) is 81.0 Å². The summed E-state index contributed by atoms with van der Waals surface area (Å²) < 4.78 is 12.4. The molecule has 2 atom stereocenters. The van der Waals surface area contributed by atoms with E-state index < -0.39 is 0 Å². The minimum absolute atomic E-state index is 0.0589. The second-order valence-corrected chi connectivity index (χ2v) is 9.89. The van der Waals surface area contributed by atoms with Crippen molar-refractivity contribution in [2.24, 2.45) is 5.92 Å². The number of allylic oxidation sites excluding steroid dienone is 1. The number of ketones is 1. The molecule has 0 saturated carbocycles. The number of aromatic nitrogens is 1. The molecule has 0 amide bonds. The van der Waals surface area contributed by atoms with Crippen LogP contribution in [0.1, 0.15) is 59.2 Å². The second-order valence-electron chi connectivity index (χ2n) is 9.89. The number of hydrogen-bond acceptors (Lipinski definition) is 6. The van der Waals surface area contributed by atoms with Crippen molar-refractivity contribution < 1.29 is 14.3 Å². The maximum Gasteiger partial charge on any atom is 0.232 e. The number of rotatable bonds is 3. The Kier molecular flexibility index (Phi) is 5.43. The van der Waals surface area contributed by atoms with E-state index in [1.807, 2.05) is 25.1 Å². The predicted octanol–water partition coefficient (Wildman–Crippen LogP) is 4.42. The summed E-state index contributed by atoms with van der Waals surface area (Å²) >= 11 is 0. The summed E-state index contributed by atoms with van der Waals surface area (Å²) in [5.74, 6) is 2.51. The summed E-state index contributed by atoms with van der Waals surface area (Å²) in [6.45, 7) is 6.87. The summed E-state index contributed by atoms with van der Waals surface area (Å²) in [7, 11) is 0. The first-order chi connectivity index (χ1) is 16.2. The number of aryl methyl sites for hydroxylation is 1. The van der Waals surface area contributed by atoms with E-state index in [2.05, 4.69) is 14.8 Å². The van der Waals surface area contributed by atoms with Crippen LogP contribution in [0.5, 0.6) is 11.5 Å². The number of hydrogen-bond donors (Lipinski definition) is 0. The van der Waals surface area contributed by atoms with Gasteiger partial charge in [0.25, 0.3) is 0 Å². The SMILES string of the molecule is Cc1cc2c(c3c1C(=O)/C(=C\c1cccnc1)O3)CN(C[C@@H]1CCCN3CCCC[C@H]13)CO2. The van der Waals surface area contributed by atoms with Crippen molar-refractivity contribution in [3.8, 4) is 11.5 Å². The number of piperidine rings is 2. The zero-order valence-electron chi connectivity index (χ0n) is 19.3. The molecule has 6 rings (SSSR count). The highest BCUT2D eigenvalue weighted by atomic mass is 16.5. The summed E-state index contributed by atoms with van der Waals surface area (Å²) in [6, 6.07) is 6.50. The summed E-state index contributed by atoms with van der Waals surface area (Å²) in [5, 5.41) is 0. The third-order valence-corrected chi connectivity index (χ3v) is 7.69. The van der Waals surface area contributed by atoms with E-state index in [0.717, 1.165) is 35.5 Å². The van der Waals surface area contributed by atoms with Gasteiger partial charge in [0.2, 0.25) is 5.78 Å². The lowest BCUT2D eigenvalue weighted by atomic mass is 9.83. The highest BCUT2D eigenvalue weighted by Gasteiger charge is 2.38. The van der Waals surface area contributed by atoms with Crippen molar-refractivity contribution in [1.29, 1.82) is 0 Å². The van der Waals surface area contributed by atoms with E-state index in [0.29, 0.717) is 35.8 Å². The molecule has 0 spiro atoms. The van der Waals surface area contributed by atoms with Gasteiger partial charge in [-0.25, -0.2) is 0 Å². The molecule has 33 heavy (non-hydrogen) atoms. The van der Waals surface area contributed by atoms with Gasteiger partial charge in [-0.2, -0.15) is 0 Å². The normalized spacial score (nSPS) is 26.3. The minimum Gasteiger partial charge on any atom is -0.478 e. The van der Waals surface area contributed by atoms with E-state index >= 15 is 0 Å². The Morgan fingerprint density at radius 3 is 3.00 bits per heavy atom. The summed E-state index contributed by atoms with van der Waals surface area (Å²) in [5.41, 5.74) is 3.43. The van der Waals surface area contributed by atoms with Gasteiger partial charge in [-0.1, -0.05) is 12.5 Å². The first-order valence-electron chi connectivity index (χ1n) is 12.3. The van der Waals surface area contributed by atoms with E-state index in [4.69, 9.17) is 9.47 Å². The molecule has 6 heteroatoms. The standard InChI is InChI=1S/C27H31N3O3/c1-18-12-23-21(27-25(18)26(31)24(33-27)13-19-6-4-9-28-14-19)16-29(17-32-23)15-20-7-5-11-30-10-3-2-8-22(20)30/h4,6,9,12-14,20,22H,2-3,5,7-8,10-11,15-17H2,1H3/b24-13+/t20-,22+/m0/s1. The topological polar surface area (TPSA) is 54.9 Å². The molecule has 2 saturated heterocycles. The maximum atomic E-state index is 13.2. The first kappa shape index (κ1) is 20.9. The van der Waals surface area contributed by atoms with Crippen molar-refractivity contribution in [3.63, 3.8) is 0 Å². The Morgan fingerprint density at radius 2 is 2.12 bits per heavy atom. The number of benzene rings is 1. The fraction of sp³-hybridized carbons (Fsp3) is 0.481. The Balaban J connectivity index is 1.25. The average molecular weight is 446 g/mol. The molecule has 2 aromatic rings. The highest BCUT2D eigenvalue weighted by Crippen LogP contribution is 2.44. The highest BCUT2D eigenvalue weighted by molar-refractivity contribution is 6.15. The van der Waals surface area contributed by atoms with Crippen LogP contribution in [0.25, 0.3) is 6.08 Å². The lowest BCUT2D eigenvalue weighted by molar-refractivity contribution is 0.0141. The number of fused-ring (bicyclic) bond motifs is 4. The van der Waals surface area contributed by atoms with Crippen LogP contribution in [0.3, 0.4) is 0 Å². The summed E-state index contributed by atoms with van der Waals surface area (Å²) in [4.78, 5) is 22.4. The van der Waals surface area contributed by atoms with Crippen molar-refractivity contribution in [3.05, 3.63) is 58.6 Å². The van der Waals surface area contributed by atoms with Crippen LogP contribution in [0.4, 0.5) is 0 Å². The fourth-order valence-corrected chi connectivity index (χ4v) is 6.13. The molecule has 2 fully saturated rings. The van der Waals surface area contributed by atoms with Crippen LogP contribution in [-0.2, 0) is 6.54 Å². The molecule has 1 aromatic carbocycles. The molecule has 4 aliphatic heterocycles. The summed E-state index contributed by atoms with van der Waals surface area (Å²) in [6.07, 6.45) is 11.8. The van der Waals surface area contributed by atoms with Crippen LogP contribution in [0.2, 0.25) is 0 Å². The number of nitrogens with zero attached hydrogens (tertiary/aromatic N) is 3. The van der Waals surface area contributed by atoms with Crippen LogP contribution in [0, 0.1) is 12.8 Å². The lowest BCUT2D eigenvalue weighted by Crippen LogP contribution is -2.51. The van der Waals surface area contributed by atoms with Gasteiger partial charge >= 0.3 is 0 Å². The largest absolute Gasteiger partial charge is 0.478 e. The molecule has 4 aliphatic rings. The number of carbonyl (C=O) groups excluding carboxylic acids is 1. The molecule has 0 N–H and O–H groups in total. The average Bonchev–Trinajstić information content (AvgIpc) is 3.17. The molecule has 172 valence electrons. The number of carbonyl (C=O) groups is 1. The van der Waals surface area contributed by atoms with Gasteiger partial charge < -0.3 is 14.4 Å². The van der Waals surface area contributed by atoms with Crippen molar-refractivity contribution in [1.82, 2.24) is 14.8 Å². The van der Waals surface area contributed by atoms with Gasteiger partial charge in [-0.3, -0.25) is 14.7 Å². The molecule has 1 aromatic heterocycles. The number of Topliss-reactive ketones (excluding diaryl/α,β-unsaturated/α-hetero) is 1.